The average molecular weight is 468 g/mol. The van der Waals surface area contributed by atoms with Crippen molar-refractivity contribution < 1.29 is 22.7 Å². The number of allylic oxidation sites excluding steroid dienone is 1. The Bertz CT molecular complexity index is 1160. The second-order valence-corrected chi connectivity index (χ2v) is 10.1. The molecule has 1 aromatic carbocycles. The molecule has 2 aliphatic carbocycles. The quantitative estimate of drug-likeness (QED) is 0.447. The lowest BCUT2D eigenvalue weighted by Gasteiger charge is -2.48. The molecule has 0 unspecified atom stereocenters. The monoisotopic (exact) mass is 467 g/mol. The summed E-state index contributed by atoms with van der Waals surface area (Å²) in [6, 6.07) is 8.89. The van der Waals surface area contributed by atoms with Crippen LogP contribution in [0.25, 0.3) is 17.2 Å². The number of alkyl halides is 3. The predicted octanol–water partition coefficient (Wildman–Crippen LogP) is 7.24. The molecule has 0 spiro atoms. The Balaban J connectivity index is 1.43. The minimum atomic E-state index is -4.38. The summed E-state index contributed by atoms with van der Waals surface area (Å²) in [5, 5.41) is 0. The van der Waals surface area contributed by atoms with Crippen molar-refractivity contribution in [2.75, 3.05) is 0 Å². The molecule has 6 heteroatoms. The van der Waals surface area contributed by atoms with Crippen LogP contribution in [0.2, 0.25) is 0 Å². The number of cyclic esters (lactones) is 1. The van der Waals surface area contributed by atoms with Gasteiger partial charge in [0.05, 0.1) is 11.3 Å². The molecule has 3 nitrogen and oxygen atoms in total. The van der Waals surface area contributed by atoms with E-state index in [2.05, 4.69) is 18.0 Å². The van der Waals surface area contributed by atoms with Gasteiger partial charge in [0, 0.05) is 23.3 Å². The molecule has 1 saturated carbocycles. The van der Waals surface area contributed by atoms with Crippen molar-refractivity contribution >= 4 is 12.0 Å². The molecule has 1 aliphatic heterocycles. The van der Waals surface area contributed by atoms with E-state index in [1.165, 1.54) is 18.9 Å². The number of fused-ring (bicyclic) bond motifs is 1. The van der Waals surface area contributed by atoms with Gasteiger partial charge in [-0.2, -0.15) is 13.2 Å². The Hall–Kier alpha value is -2.89. The molecule has 2 aromatic rings. The van der Waals surface area contributed by atoms with Crippen LogP contribution >= 0.6 is 0 Å². The summed E-state index contributed by atoms with van der Waals surface area (Å²) < 4.78 is 44.8. The number of rotatable bonds is 3. The number of ether oxygens (including phenoxy) is 1. The van der Waals surface area contributed by atoms with Crippen molar-refractivity contribution in [2.45, 2.75) is 58.2 Å². The molecule has 178 valence electrons. The third-order valence-electron chi connectivity index (χ3n) is 7.88. The zero-order valence-electron chi connectivity index (χ0n) is 19.4. The van der Waals surface area contributed by atoms with E-state index < -0.39 is 11.7 Å². The fourth-order valence-electron chi connectivity index (χ4n) is 6.17. The van der Waals surface area contributed by atoms with Crippen molar-refractivity contribution in [3.63, 3.8) is 0 Å². The lowest BCUT2D eigenvalue weighted by molar-refractivity contribution is -0.139. The first-order chi connectivity index (χ1) is 16.2. The Morgan fingerprint density at radius 1 is 1.15 bits per heavy atom. The number of carbonyl (C=O) groups excluding carboxylic acids is 1. The molecule has 3 aliphatic rings. The smallest absolute Gasteiger partial charge is 0.416 e. The van der Waals surface area contributed by atoms with E-state index in [-0.39, 0.29) is 23.4 Å². The van der Waals surface area contributed by atoms with Gasteiger partial charge < -0.3 is 4.74 Å². The number of halogens is 3. The number of pyridine rings is 1. The van der Waals surface area contributed by atoms with Gasteiger partial charge in [0.25, 0.3) is 0 Å². The van der Waals surface area contributed by atoms with Gasteiger partial charge >= 0.3 is 12.1 Å². The summed E-state index contributed by atoms with van der Waals surface area (Å²) in [6.07, 6.45) is 6.58. The van der Waals surface area contributed by atoms with E-state index in [9.17, 15) is 18.0 Å². The van der Waals surface area contributed by atoms with E-state index in [4.69, 9.17) is 4.74 Å². The lowest BCUT2D eigenvalue weighted by atomic mass is 9.55. The van der Waals surface area contributed by atoms with Gasteiger partial charge in [-0.25, -0.2) is 4.79 Å². The van der Waals surface area contributed by atoms with E-state index in [0.29, 0.717) is 17.0 Å². The van der Waals surface area contributed by atoms with Gasteiger partial charge in [0.2, 0.25) is 0 Å². The summed E-state index contributed by atoms with van der Waals surface area (Å²) in [7, 11) is 0. The maximum absolute atomic E-state index is 13.1. The number of nitrogens with zero attached hydrogens (tertiary/aromatic N) is 1. The second-order valence-electron chi connectivity index (χ2n) is 10.1. The number of carbonyl (C=O) groups is 1. The lowest BCUT2D eigenvalue weighted by Crippen LogP contribution is -2.41. The van der Waals surface area contributed by atoms with Gasteiger partial charge in [-0.05, 0) is 72.9 Å². The van der Waals surface area contributed by atoms with Gasteiger partial charge in [-0.15, -0.1) is 0 Å². The molecule has 0 saturated heterocycles. The SMILES string of the molecule is C[C@H]1OC(=O)C2=C1[C@@H](/C=C/c1ccc(-c3cccc(C(F)(F)F)c3)cn1)[C@@H]1CCCC[C@@]1(C)C2. The van der Waals surface area contributed by atoms with Crippen LogP contribution in [-0.4, -0.2) is 17.1 Å². The third kappa shape index (κ3) is 4.08. The molecule has 34 heavy (non-hydrogen) atoms. The summed E-state index contributed by atoms with van der Waals surface area (Å²) in [6.45, 7) is 4.26. The highest BCUT2D eigenvalue weighted by Crippen LogP contribution is 2.57. The maximum atomic E-state index is 13.1. The molecular formula is C28H28F3NO2. The topological polar surface area (TPSA) is 39.2 Å². The number of benzene rings is 1. The first kappa shape index (κ1) is 22.9. The summed E-state index contributed by atoms with van der Waals surface area (Å²) in [5.41, 5.74) is 3.24. The van der Waals surface area contributed by atoms with E-state index in [1.54, 1.807) is 18.3 Å². The Kier molecular flexibility index (Phi) is 5.65. The fourth-order valence-corrected chi connectivity index (χ4v) is 6.17. The molecule has 4 atom stereocenters. The highest BCUT2D eigenvalue weighted by molar-refractivity contribution is 5.93. The largest absolute Gasteiger partial charge is 0.455 e. The van der Waals surface area contributed by atoms with Gasteiger partial charge in [0.1, 0.15) is 6.10 Å². The minimum absolute atomic E-state index is 0.0932. The molecule has 0 bridgehead atoms. The van der Waals surface area contributed by atoms with E-state index in [0.717, 1.165) is 48.2 Å². The standard InChI is InChI=1S/C28H28F3NO2/c1-17-25-22(24-8-3-4-13-27(24,2)15-23(25)26(33)34-17)12-11-21-10-9-19(16-32-21)18-6-5-7-20(14-18)28(29,30)31/h5-7,9-12,14,16-17,22,24H,3-4,8,13,15H2,1-2H3/b12-11+/t17-,22+,24+,27+/m1/s1. The molecule has 1 fully saturated rings. The van der Waals surface area contributed by atoms with Crippen molar-refractivity contribution in [1.29, 1.82) is 0 Å². The van der Waals surface area contributed by atoms with Crippen LogP contribution in [0.3, 0.4) is 0 Å². The van der Waals surface area contributed by atoms with Crippen molar-refractivity contribution in [1.82, 2.24) is 4.98 Å². The molecule has 1 aromatic heterocycles. The summed E-state index contributed by atoms with van der Waals surface area (Å²) >= 11 is 0. The fraction of sp³-hybridized carbons (Fsp3) is 0.429. The Labute approximate surface area is 197 Å². The van der Waals surface area contributed by atoms with Crippen LogP contribution in [0.15, 0.2) is 59.8 Å². The minimum Gasteiger partial charge on any atom is -0.455 e. The van der Waals surface area contributed by atoms with Crippen molar-refractivity contribution in [3.8, 4) is 11.1 Å². The molecule has 0 amide bonds. The van der Waals surface area contributed by atoms with Crippen LogP contribution in [0.5, 0.6) is 0 Å². The van der Waals surface area contributed by atoms with Crippen LogP contribution in [-0.2, 0) is 15.7 Å². The first-order valence-electron chi connectivity index (χ1n) is 11.9. The van der Waals surface area contributed by atoms with E-state index in [1.807, 2.05) is 19.1 Å². The molecule has 0 radical (unpaired) electrons. The summed E-state index contributed by atoms with van der Waals surface area (Å²) in [4.78, 5) is 17.0. The number of esters is 1. The molecule has 2 heterocycles. The molecule has 5 rings (SSSR count). The average Bonchev–Trinajstić information content (AvgIpc) is 3.08. The highest BCUT2D eigenvalue weighted by atomic mass is 19.4. The first-order valence-corrected chi connectivity index (χ1v) is 11.9. The van der Waals surface area contributed by atoms with E-state index >= 15 is 0 Å². The zero-order chi connectivity index (χ0) is 24.1. The number of aromatic nitrogens is 1. The predicted molar refractivity (Wildman–Crippen MR) is 124 cm³/mol. The number of hydrogen-bond acceptors (Lipinski definition) is 3. The van der Waals surface area contributed by atoms with Gasteiger partial charge in [-0.3, -0.25) is 4.98 Å². The summed E-state index contributed by atoms with van der Waals surface area (Å²) in [5.74, 6) is 0.410. The molecule has 0 N–H and O–H groups in total. The zero-order valence-corrected chi connectivity index (χ0v) is 19.4. The van der Waals surface area contributed by atoms with Crippen molar-refractivity contribution in [2.24, 2.45) is 17.3 Å². The normalized spacial score (nSPS) is 29.2. The third-order valence-corrected chi connectivity index (χ3v) is 7.88. The van der Waals surface area contributed by atoms with Gasteiger partial charge in [-0.1, -0.05) is 44.0 Å². The van der Waals surface area contributed by atoms with Gasteiger partial charge in [0.15, 0.2) is 0 Å². The van der Waals surface area contributed by atoms with Crippen LogP contribution in [0.4, 0.5) is 13.2 Å². The molecular weight excluding hydrogens is 439 g/mol. The van der Waals surface area contributed by atoms with Crippen LogP contribution < -0.4 is 0 Å². The highest BCUT2D eigenvalue weighted by Gasteiger charge is 2.51. The number of hydrogen-bond donors (Lipinski definition) is 0. The van der Waals surface area contributed by atoms with Crippen molar-refractivity contribution in [3.05, 3.63) is 71.1 Å². The van der Waals surface area contributed by atoms with Crippen LogP contribution in [0.1, 0.15) is 57.2 Å². The second kappa shape index (κ2) is 8.40. The van der Waals surface area contributed by atoms with Crippen LogP contribution in [0, 0.1) is 17.3 Å². The Morgan fingerprint density at radius 3 is 2.71 bits per heavy atom. The maximum Gasteiger partial charge on any atom is 0.416 e. The Morgan fingerprint density at radius 2 is 1.97 bits per heavy atom.